The van der Waals surface area contributed by atoms with Crippen molar-refractivity contribution in [1.82, 2.24) is 9.97 Å². The van der Waals surface area contributed by atoms with Gasteiger partial charge in [-0.2, -0.15) is 4.98 Å². The number of nitrogens with two attached hydrogens (primary N) is 1. The van der Waals surface area contributed by atoms with Crippen LogP contribution in [0.5, 0.6) is 5.88 Å². The zero-order valence-electron chi connectivity index (χ0n) is 8.40. The molecule has 14 heavy (non-hydrogen) atoms. The number of aromatic nitrogens is 2. The topological polar surface area (TPSA) is 64.3 Å². The van der Waals surface area contributed by atoms with Gasteiger partial charge in [-0.3, -0.25) is 0 Å². The van der Waals surface area contributed by atoms with Gasteiger partial charge in [0.05, 0.1) is 7.11 Å². The first-order valence-corrected chi connectivity index (χ1v) is 4.59. The Labute approximate surface area is 82.9 Å². The van der Waals surface area contributed by atoms with Crippen LogP contribution in [0, 0.1) is 6.92 Å². The van der Waals surface area contributed by atoms with Gasteiger partial charge in [0.1, 0.15) is 0 Å². The monoisotopic (exact) mass is 194 g/mol. The van der Waals surface area contributed by atoms with Crippen molar-refractivity contribution >= 4 is 5.95 Å². The van der Waals surface area contributed by atoms with E-state index in [4.69, 9.17) is 10.5 Å². The number of hydrogen-bond donors (Lipinski definition) is 1. The Kier molecular flexibility index (Phi) is 2.25. The van der Waals surface area contributed by atoms with E-state index in [1.807, 2.05) is 17.9 Å². The Morgan fingerprint density at radius 2 is 2.21 bits per heavy atom. The molecule has 0 aromatic carbocycles. The molecule has 2 N–H and O–H groups in total. The van der Waals surface area contributed by atoms with E-state index >= 15 is 0 Å². The van der Waals surface area contributed by atoms with Crippen LogP contribution in [0.15, 0.2) is 6.07 Å². The quantitative estimate of drug-likeness (QED) is 0.714. The molecule has 0 saturated carbocycles. The summed E-state index contributed by atoms with van der Waals surface area (Å²) in [5, 5.41) is 0. The molecule has 2 rings (SSSR count). The smallest absolute Gasteiger partial charge is 0.228 e. The molecule has 0 unspecified atom stereocenters. The van der Waals surface area contributed by atoms with Gasteiger partial charge in [-0.25, -0.2) is 4.98 Å². The predicted octanol–water partition coefficient (Wildman–Crippen LogP) is -0.0591. The van der Waals surface area contributed by atoms with Gasteiger partial charge in [0, 0.05) is 30.9 Å². The maximum absolute atomic E-state index is 5.69. The molecule has 1 aliphatic rings. The normalized spacial score (nSPS) is 16.6. The van der Waals surface area contributed by atoms with Crippen molar-refractivity contribution in [2.75, 3.05) is 25.1 Å². The molecule has 2 heterocycles. The molecule has 1 aromatic heterocycles. The molecule has 0 radical (unpaired) electrons. The Hall–Kier alpha value is -1.36. The van der Waals surface area contributed by atoms with Crippen LogP contribution in [0.25, 0.3) is 0 Å². The number of hydrogen-bond acceptors (Lipinski definition) is 5. The second-order valence-electron chi connectivity index (χ2n) is 3.52. The highest BCUT2D eigenvalue weighted by Gasteiger charge is 2.25. The van der Waals surface area contributed by atoms with E-state index < -0.39 is 0 Å². The van der Waals surface area contributed by atoms with Gasteiger partial charge in [0.25, 0.3) is 0 Å². The molecular formula is C9H14N4O. The Bertz CT molecular complexity index is 336. The third-order valence-corrected chi connectivity index (χ3v) is 2.22. The van der Waals surface area contributed by atoms with E-state index in [0.717, 1.165) is 18.8 Å². The van der Waals surface area contributed by atoms with Gasteiger partial charge in [-0.15, -0.1) is 0 Å². The molecule has 0 bridgehead atoms. The van der Waals surface area contributed by atoms with Gasteiger partial charge in [0.2, 0.25) is 11.8 Å². The molecule has 5 heteroatoms. The van der Waals surface area contributed by atoms with Crippen LogP contribution in [0.3, 0.4) is 0 Å². The number of rotatable bonds is 2. The van der Waals surface area contributed by atoms with Crippen molar-refractivity contribution in [3.63, 3.8) is 0 Å². The maximum Gasteiger partial charge on any atom is 0.228 e. The van der Waals surface area contributed by atoms with Crippen molar-refractivity contribution < 1.29 is 4.74 Å². The average Bonchev–Trinajstić information content (AvgIpc) is 2.12. The summed E-state index contributed by atoms with van der Waals surface area (Å²) >= 11 is 0. The highest BCUT2D eigenvalue weighted by Crippen LogP contribution is 2.18. The van der Waals surface area contributed by atoms with Crippen LogP contribution in [-0.4, -0.2) is 36.2 Å². The summed E-state index contributed by atoms with van der Waals surface area (Å²) in [5.74, 6) is 1.32. The summed E-state index contributed by atoms with van der Waals surface area (Å²) in [4.78, 5) is 10.6. The molecule has 0 spiro atoms. The van der Waals surface area contributed by atoms with Crippen LogP contribution in [0.2, 0.25) is 0 Å². The van der Waals surface area contributed by atoms with E-state index in [9.17, 15) is 0 Å². The molecular weight excluding hydrogens is 180 g/mol. The molecule has 1 aromatic rings. The molecule has 76 valence electrons. The molecule has 1 aliphatic heterocycles. The van der Waals surface area contributed by atoms with Gasteiger partial charge in [-0.1, -0.05) is 0 Å². The van der Waals surface area contributed by atoms with Crippen LogP contribution in [0.1, 0.15) is 5.69 Å². The van der Waals surface area contributed by atoms with E-state index in [0.29, 0.717) is 11.8 Å². The fraction of sp³-hybridized carbons (Fsp3) is 0.556. The van der Waals surface area contributed by atoms with Gasteiger partial charge in [-0.05, 0) is 6.92 Å². The summed E-state index contributed by atoms with van der Waals surface area (Å²) in [6, 6.07) is 2.06. The molecule has 5 nitrogen and oxygen atoms in total. The SMILES string of the molecule is COc1cc(C)nc(N2CC(N)C2)n1. The van der Waals surface area contributed by atoms with Crippen molar-refractivity contribution in [2.45, 2.75) is 13.0 Å². The minimum atomic E-state index is 0.255. The second kappa shape index (κ2) is 3.42. The summed E-state index contributed by atoms with van der Waals surface area (Å²) in [5.41, 5.74) is 6.60. The minimum absolute atomic E-state index is 0.255. The molecule has 0 atom stereocenters. The third-order valence-electron chi connectivity index (χ3n) is 2.22. The summed E-state index contributed by atoms with van der Waals surface area (Å²) in [6.07, 6.45) is 0. The molecule has 0 amide bonds. The summed E-state index contributed by atoms with van der Waals surface area (Å²) in [7, 11) is 1.60. The largest absolute Gasteiger partial charge is 0.481 e. The van der Waals surface area contributed by atoms with E-state index in [1.165, 1.54) is 0 Å². The molecule has 0 aliphatic carbocycles. The van der Waals surface area contributed by atoms with Gasteiger partial charge >= 0.3 is 0 Å². The fourth-order valence-corrected chi connectivity index (χ4v) is 1.45. The zero-order valence-corrected chi connectivity index (χ0v) is 8.40. The van der Waals surface area contributed by atoms with E-state index in [-0.39, 0.29) is 6.04 Å². The number of aryl methyl sites for hydroxylation is 1. The number of methoxy groups -OCH3 is 1. The standard InChI is InChI=1S/C9H14N4O/c1-6-3-8(14-2)12-9(11-6)13-4-7(10)5-13/h3,7H,4-5,10H2,1-2H3. The van der Waals surface area contributed by atoms with Crippen LogP contribution in [0.4, 0.5) is 5.95 Å². The Morgan fingerprint density at radius 3 is 2.79 bits per heavy atom. The van der Waals surface area contributed by atoms with Crippen molar-refractivity contribution in [1.29, 1.82) is 0 Å². The lowest BCUT2D eigenvalue weighted by Crippen LogP contribution is -2.56. The lowest BCUT2D eigenvalue weighted by Gasteiger charge is -2.36. The first-order chi connectivity index (χ1) is 6.69. The van der Waals surface area contributed by atoms with Crippen LogP contribution < -0.4 is 15.4 Å². The van der Waals surface area contributed by atoms with E-state index in [2.05, 4.69) is 9.97 Å². The van der Waals surface area contributed by atoms with Gasteiger partial charge < -0.3 is 15.4 Å². The third kappa shape index (κ3) is 1.63. The highest BCUT2D eigenvalue weighted by molar-refractivity contribution is 5.38. The highest BCUT2D eigenvalue weighted by atomic mass is 16.5. The summed E-state index contributed by atoms with van der Waals surface area (Å²) < 4.78 is 5.07. The van der Waals surface area contributed by atoms with Crippen molar-refractivity contribution in [3.8, 4) is 5.88 Å². The molecule has 1 fully saturated rings. The minimum Gasteiger partial charge on any atom is -0.481 e. The molecule has 1 saturated heterocycles. The van der Waals surface area contributed by atoms with Crippen molar-refractivity contribution in [3.05, 3.63) is 11.8 Å². The number of nitrogens with zero attached hydrogens (tertiary/aromatic N) is 3. The van der Waals surface area contributed by atoms with Crippen LogP contribution in [-0.2, 0) is 0 Å². The van der Waals surface area contributed by atoms with Gasteiger partial charge in [0.15, 0.2) is 0 Å². The maximum atomic E-state index is 5.69. The second-order valence-corrected chi connectivity index (χ2v) is 3.52. The first kappa shape index (κ1) is 9.21. The average molecular weight is 194 g/mol. The summed E-state index contributed by atoms with van der Waals surface area (Å²) in [6.45, 7) is 3.58. The Balaban J connectivity index is 2.21. The van der Waals surface area contributed by atoms with Crippen molar-refractivity contribution in [2.24, 2.45) is 5.73 Å². The number of anilines is 1. The number of ether oxygens (including phenoxy) is 1. The van der Waals surface area contributed by atoms with E-state index in [1.54, 1.807) is 7.11 Å². The van der Waals surface area contributed by atoms with Crippen LogP contribution >= 0.6 is 0 Å². The predicted molar refractivity (Wildman–Crippen MR) is 53.5 cm³/mol. The fourth-order valence-electron chi connectivity index (χ4n) is 1.45. The Morgan fingerprint density at radius 1 is 1.50 bits per heavy atom. The lowest BCUT2D eigenvalue weighted by atomic mass is 10.1. The first-order valence-electron chi connectivity index (χ1n) is 4.59. The zero-order chi connectivity index (χ0) is 10.1. The lowest BCUT2D eigenvalue weighted by molar-refractivity contribution is 0.394.